The third-order valence-electron chi connectivity index (χ3n) is 4.70. The summed E-state index contributed by atoms with van der Waals surface area (Å²) in [6, 6.07) is 8.65. The molecule has 0 spiro atoms. The molecule has 0 aromatic heterocycles. The zero-order valence-corrected chi connectivity index (χ0v) is 16.6. The van der Waals surface area contributed by atoms with Crippen molar-refractivity contribution in [3.8, 4) is 0 Å². The molecule has 2 aliphatic rings. The van der Waals surface area contributed by atoms with Gasteiger partial charge in [0.15, 0.2) is 0 Å². The van der Waals surface area contributed by atoms with Crippen molar-refractivity contribution in [2.24, 2.45) is 0 Å². The van der Waals surface area contributed by atoms with Crippen molar-refractivity contribution in [2.75, 3.05) is 32.7 Å². The van der Waals surface area contributed by atoms with E-state index >= 15 is 0 Å². The Morgan fingerprint density at radius 2 is 1.79 bits per heavy atom. The monoisotopic (exact) mass is 389 g/mol. The minimum Gasteiger partial charge on any atom is -0.444 e. The van der Waals surface area contributed by atoms with Crippen molar-refractivity contribution >= 4 is 18.0 Å². The highest BCUT2D eigenvalue weighted by atomic mass is 16.7. The first-order valence-electron chi connectivity index (χ1n) is 9.52. The van der Waals surface area contributed by atoms with Gasteiger partial charge in [0, 0.05) is 19.6 Å². The standard InChI is InChI=1S/C20H27N3O5/c1-20(2,3)27-19(26)21-10-9-16(13-21)23-12-11-22(14-17(23)24)28-18(25)15-7-5-4-6-8-15/h4-8,16H,9-14H2,1-3H3. The lowest BCUT2D eigenvalue weighted by Gasteiger charge is -2.36. The molecule has 1 aromatic carbocycles. The van der Waals surface area contributed by atoms with Gasteiger partial charge in [-0.15, -0.1) is 5.06 Å². The fourth-order valence-corrected chi connectivity index (χ4v) is 3.36. The van der Waals surface area contributed by atoms with Gasteiger partial charge in [0.05, 0.1) is 18.2 Å². The first kappa shape index (κ1) is 20.1. The van der Waals surface area contributed by atoms with Crippen LogP contribution in [0.2, 0.25) is 0 Å². The number of likely N-dealkylation sites (tertiary alicyclic amines) is 1. The summed E-state index contributed by atoms with van der Waals surface area (Å²) in [5.41, 5.74) is -0.0969. The third-order valence-corrected chi connectivity index (χ3v) is 4.70. The number of hydrogen-bond acceptors (Lipinski definition) is 6. The molecule has 0 bridgehead atoms. The Balaban J connectivity index is 1.50. The normalized spacial score (nSPS) is 21.0. The van der Waals surface area contributed by atoms with E-state index in [4.69, 9.17) is 9.57 Å². The third kappa shape index (κ3) is 5.01. The molecule has 2 heterocycles. The van der Waals surface area contributed by atoms with E-state index in [1.807, 2.05) is 26.8 Å². The van der Waals surface area contributed by atoms with Gasteiger partial charge < -0.3 is 19.4 Å². The highest BCUT2D eigenvalue weighted by Crippen LogP contribution is 2.21. The lowest BCUT2D eigenvalue weighted by Crippen LogP contribution is -2.55. The number of ether oxygens (including phenoxy) is 1. The molecule has 0 aliphatic carbocycles. The molecule has 8 nitrogen and oxygen atoms in total. The minimum absolute atomic E-state index is 0.0154. The van der Waals surface area contributed by atoms with Crippen molar-refractivity contribution in [1.29, 1.82) is 0 Å². The molecule has 0 radical (unpaired) electrons. The molecule has 1 aromatic rings. The average molecular weight is 389 g/mol. The molecule has 2 fully saturated rings. The van der Waals surface area contributed by atoms with Crippen molar-refractivity contribution in [3.05, 3.63) is 35.9 Å². The Bertz CT molecular complexity index is 731. The number of piperazine rings is 1. The van der Waals surface area contributed by atoms with Crippen molar-refractivity contribution in [3.63, 3.8) is 0 Å². The molecule has 0 saturated carbocycles. The Morgan fingerprint density at radius 1 is 1.07 bits per heavy atom. The number of carbonyl (C=O) groups excluding carboxylic acids is 3. The molecule has 1 unspecified atom stereocenters. The van der Waals surface area contributed by atoms with Gasteiger partial charge in [0.25, 0.3) is 0 Å². The van der Waals surface area contributed by atoms with Gasteiger partial charge in [0.1, 0.15) is 12.1 Å². The van der Waals surface area contributed by atoms with E-state index in [2.05, 4.69) is 0 Å². The van der Waals surface area contributed by atoms with Gasteiger partial charge in [-0.3, -0.25) is 4.79 Å². The lowest BCUT2D eigenvalue weighted by molar-refractivity contribution is -0.164. The summed E-state index contributed by atoms with van der Waals surface area (Å²) < 4.78 is 5.40. The fourth-order valence-electron chi connectivity index (χ4n) is 3.36. The zero-order valence-electron chi connectivity index (χ0n) is 16.6. The van der Waals surface area contributed by atoms with E-state index < -0.39 is 11.6 Å². The van der Waals surface area contributed by atoms with Crippen LogP contribution >= 0.6 is 0 Å². The second kappa shape index (κ2) is 8.18. The van der Waals surface area contributed by atoms with Gasteiger partial charge in [-0.05, 0) is 39.3 Å². The second-order valence-electron chi connectivity index (χ2n) is 8.06. The summed E-state index contributed by atoms with van der Waals surface area (Å²) in [6.45, 7) is 7.43. The molecule has 2 amide bonds. The Hall–Kier alpha value is -2.61. The number of hydroxylamine groups is 2. The predicted octanol–water partition coefficient (Wildman–Crippen LogP) is 1.91. The van der Waals surface area contributed by atoms with Gasteiger partial charge >= 0.3 is 12.1 Å². The first-order valence-corrected chi connectivity index (χ1v) is 9.52. The molecule has 2 aliphatic heterocycles. The van der Waals surface area contributed by atoms with Crippen LogP contribution in [0.4, 0.5) is 4.79 Å². The molecule has 3 rings (SSSR count). The molecular formula is C20H27N3O5. The quantitative estimate of drug-likeness (QED) is 0.786. The number of amides is 2. The van der Waals surface area contributed by atoms with Gasteiger partial charge in [-0.25, -0.2) is 9.59 Å². The van der Waals surface area contributed by atoms with Crippen LogP contribution in [0.5, 0.6) is 0 Å². The van der Waals surface area contributed by atoms with Crippen LogP contribution in [0.3, 0.4) is 0 Å². The SMILES string of the molecule is CC(C)(C)OC(=O)N1CCC(N2CCN(OC(=O)c3ccccc3)CC2=O)C1. The summed E-state index contributed by atoms with van der Waals surface area (Å²) >= 11 is 0. The topological polar surface area (TPSA) is 79.4 Å². The molecule has 152 valence electrons. The Morgan fingerprint density at radius 3 is 2.43 bits per heavy atom. The summed E-state index contributed by atoms with van der Waals surface area (Å²) in [5.74, 6) is -0.582. The van der Waals surface area contributed by atoms with Crippen LogP contribution in [0, 0.1) is 0 Å². The molecule has 0 N–H and O–H groups in total. The molecule has 28 heavy (non-hydrogen) atoms. The van der Waals surface area contributed by atoms with Crippen molar-refractivity contribution in [2.45, 2.75) is 38.8 Å². The van der Waals surface area contributed by atoms with Crippen molar-refractivity contribution < 1.29 is 24.0 Å². The summed E-state index contributed by atoms with van der Waals surface area (Å²) in [4.78, 5) is 45.7. The summed E-state index contributed by atoms with van der Waals surface area (Å²) in [5, 5.41) is 1.40. The van der Waals surface area contributed by atoms with Crippen LogP contribution in [-0.4, -0.2) is 77.2 Å². The smallest absolute Gasteiger partial charge is 0.410 e. The van der Waals surface area contributed by atoms with Crippen LogP contribution < -0.4 is 0 Å². The van der Waals surface area contributed by atoms with E-state index in [-0.39, 0.29) is 24.6 Å². The summed E-state index contributed by atoms with van der Waals surface area (Å²) in [7, 11) is 0. The molecule has 1 atom stereocenters. The van der Waals surface area contributed by atoms with E-state index in [1.165, 1.54) is 5.06 Å². The van der Waals surface area contributed by atoms with Crippen molar-refractivity contribution in [1.82, 2.24) is 14.9 Å². The van der Waals surface area contributed by atoms with E-state index in [0.717, 1.165) is 6.42 Å². The van der Waals surface area contributed by atoms with Gasteiger partial charge in [0.2, 0.25) is 5.91 Å². The minimum atomic E-state index is -0.542. The molecule has 8 heteroatoms. The fraction of sp³-hybridized carbons (Fsp3) is 0.550. The van der Waals surface area contributed by atoms with Gasteiger partial charge in [-0.1, -0.05) is 18.2 Å². The Kier molecular flexibility index (Phi) is 5.88. The highest BCUT2D eigenvalue weighted by Gasteiger charge is 2.37. The number of hydrogen-bond donors (Lipinski definition) is 0. The van der Waals surface area contributed by atoms with Crippen LogP contribution in [0.15, 0.2) is 30.3 Å². The Labute approximate surface area is 164 Å². The van der Waals surface area contributed by atoms with E-state index in [0.29, 0.717) is 31.7 Å². The van der Waals surface area contributed by atoms with Crippen LogP contribution in [0.1, 0.15) is 37.6 Å². The average Bonchev–Trinajstić information content (AvgIpc) is 3.11. The second-order valence-corrected chi connectivity index (χ2v) is 8.06. The van der Waals surface area contributed by atoms with E-state index in [9.17, 15) is 14.4 Å². The zero-order chi connectivity index (χ0) is 20.3. The lowest BCUT2D eigenvalue weighted by atomic mass is 10.2. The predicted molar refractivity (Wildman–Crippen MR) is 101 cm³/mol. The maximum atomic E-state index is 12.6. The highest BCUT2D eigenvalue weighted by molar-refractivity contribution is 5.89. The maximum Gasteiger partial charge on any atom is 0.410 e. The maximum absolute atomic E-state index is 12.6. The van der Waals surface area contributed by atoms with Crippen LogP contribution in [0.25, 0.3) is 0 Å². The van der Waals surface area contributed by atoms with Crippen LogP contribution in [-0.2, 0) is 14.4 Å². The number of rotatable bonds is 3. The number of benzene rings is 1. The summed E-state index contributed by atoms with van der Waals surface area (Å²) in [6.07, 6.45) is 0.368. The molecule has 2 saturated heterocycles. The number of nitrogens with zero attached hydrogens (tertiary/aromatic N) is 3. The number of carbonyl (C=O) groups is 3. The van der Waals surface area contributed by atoms with E-state index in [1.54, 1.807) is 34.1 Å². The molecular weight excluding hydrogens is 362 g/mol. The largest absolute Gasteiger partial charge is 0.444 e. The van der Waals surface area contributed by atoms with Gasteiger partial charge in [-0.2, -0.15) is 0 Å². The first-order chi connectivity index (χ1) is 13.2.